The minimum atomic E-state index is -0.953. The molecule has 4 saturated heterocycles. The Morgan fingerprint density at radius 1 is 0.250 bits per heavy atom. The van der Waals surface area contributed by atoms with Gasteiger partial charge in [-0.3, -0.25) is 0 Å². The second-order valence-corrected chi connectivity index (χ2v) is 23.6. The largest absolute Gasteiger partial charge is 0.345 e. The molecule has 0 aromatic heterocycles. The molecular weight excluding hydrogens is 785 g/mol. The lowest BCUT2D eigenvalue weighted by Gasteiger charge is -2.46. The third-order valence-corrected chi connectivity index (χ3v) is 19.3. The fourth-order valence-electron chi connectivity index (χ4n) is 11.6. The van der Waals surface area contributed by atoms with E-state index in [-0.39, 0.29) is 0 Å². The van der Waals surface area contributed by atoms with E-state index in [1.165, 1.54) is 0 Å². The topological polar surface area (TPSA) is 97.6 Å². The summed E-state index contributed by atoms with van der Waals surface area (Å²) >= 11 is 0. The molecule has 8 bridgehead atoms. The lowest BCUT2D eigenvalue weighted by molar-refractivity contribution is 0.0826. The molecule has 0 spiro atoms. The molecular formula is C56H72N8. The maximum atomic E-state index is 6.18. The maximum absolute atomic E-state index is 6.18. The highest BCUT2D eigenvalue weighted by Crippen LogP contribution is 2.66. The predicted molar refractivity (Wildman–Crippen MR) is 265 cm³/mol. The van der Waals surface area contributed by atoms with E-state index in [9.17, 15) is 0 Å². The fourth-order valence-corrected chi connectivity index (χ4v) is 11.6. The molecule has 8 heteroatoms. The van der Waals surface area contributed by atoms with Gasteiger partial charge in [0.2, 0.25) is 0 Å². The van der Waals surface area contributed by atoms with E-state index >= 15 is 0 Å². The van der Waals surface area contributed by atoms with Crippen LogP contribution in [0.1, 0.15) is 133 Å². The molecule has 0 aliphatic carbocycles. The molecule has 4 N–H and O–H groups in total. The number of aliphatic imine (C=N–C) groups is 4. The van der Waals surface area contributed by atoms with Crippen molar-refractivity contribution >= 4 is 23.3 Å². The van der Waals surface area contributed by atoms with Gasteiger partial charge in [-0.2, -0.15) is 0 Å². The number of hydrogen-bond acceptors (Lipinski definition) is 8. The SMILES string of the molecule is CC1(C)C2=NC3(c4ccccc4)NC(=NC4(c5ccccc5)NC(=NC5(c6ccccc6)NC(=NC(c6ccccc6)(N2)C1(C)C)C(C)(C)C5(C)C)C(C)(C)C4(C)C)C(C)(C)C3(C)C. The molecule has 4 aromatic carbocycles. The molecule has 8 nitrogen and oxygen atoms in total. The van der Waals surface area contributed by atoms with Gasteiger partial charge in [0.25, 0.3) is 0 Å². The summed E-state index contributed by atoms with van der Waals surface area (Å²) in [7, 11) is 0. The van der Waals surface area contributed by atoms with Crippen molar-refractivity contribution in [2.24, 2.45) is 63.3 Å². The van der Waals surface area contributed by atoms with Crippen LogP contribution in [0.25, 0.3) is 0 Å². The summed E-state index contributed by atoms with van der Waals surface area (Å²) in [5.74, 6) is 3.56. The first-order valence-corrected chi connectivity index (χ1v) is 23.4. The number of rotatable bonds is 4. The monoisotopic (exact) mass is 857 g/mol. The minimum Gasteiger partial charge on any atom is -0.345 e. The van der Waals surface area contributed by atoms with Crippen LogP contribution in [0.5, 0.6) is 0 Å². The first-order valence-electron chi connectivity index (χ1n) is 23.4. The van der Waals surface area contributed by atoms with Crippen molar-refractivity contribution in [1.82, 2.24) is 21.3 Å². The van der Waals surface area contributed by atoms with Gasteiger partial charge in [0.05, 0.1) is 0 Å². The number of hydrogen-bond donors (Lipinski definition) is 4. The average Bonchev–Trinajstić information content (AvgIpc) is 3.65. The second kappa shape index (κ2) is 13.2. The first kappa shape index (κ1) is 44.0. The molecule has 4 unspecified atom stereocenters. The van der Waals surface area contributed by atoms with Gasteiger partial charge in [-0.25, -0.2) is 20.0 Å². The molecule has 0 radical (unpaired) electrons. The molecule has 0 amide bonds. The van der Waals surface area contributed by atoms with Crippen LogP contribution >= 0.6 is 0 Å². The van der Waals surface area contributed by atoms with E-state index < -0.39 is 66.0 Å². The Morgan fingerprint density at radius 3 is 0.562 bits per heavy atom. The van der Waals surface area contributed by atoms with Crippen molar-refractivity contribution < 1.29 is 0 Å². The van der Waals surface area contributed by atoms with Crippen LogP contribution in [0.4, 0.5) is 0 Å². The Bertz CT molecular complexity index is 2250. The summed E-state index contributed by atoms with van der Waals surface area (Å²) < 4.78 is 0. The van der Waals surface area contributed by atoms with Gasteiger partial charge in [0, 0.05) is 65.6 Å². The Balaban J connectivity index is 1.49. The van der Waals surface area contributed by atoms with Gasteiger partial charge < -0.3 is 21.3 Å². The standard InChI is InChI=1S/C56H72N8/c1-45(2)41-57-53(49(45,9)10,37-29-21-17-22-30-37)62-42-46(3,4)51(13,14)55(59-42,39-33-25-19-26-34-39)64-44-48(7,8)52(15,16)56(60-44,40-35-27-20-28-36-40)63-43-47(5,6)50(11,12)54(58-43,61-41)38-31-23-18-24-32-38/h17-36H,1-16H3,(H,57,61)(H,59,62)(H,58,63)(H,60,64). The second-order valence-electron chi connectivity index (χ2n) is 23.6. The first-order chi connectivity index (χ1) is 29.7. The molecule has 4 atom stereocenters. The number of nitrogens with zero attached hydrogens (tertiary/aromatic N) is 4. The molecule has 4 fully saturated rings. The van der Waals surface area contributed by atoms with E-state index in [0.29, 0.717) is 0 Å². The van der Waals surface area contributed by atoms with Crippen LogP contribution in [0.15, 0.2) is 141 Å². The highest BCUT2D eigenvalue weighted by Gasteiger charge is 2.72. The van der Waals surface area contributed by atoms with E-state index in [1.807, 2.05) is 0 Å². The normalized spacial score (nSPS) is 32.6. The molecule has 336 valence electrons. The van der Waals surface area contributed by atoms with Crippen molar-refractivity contribution in [2.45, 2.75) is 133 Å². The zero-order valence-electron chi connectivity index (χ0n) is 41.3. The van der Waals surface area contributed by atoms with Crippen molar-refractivity contribution in [2.75, 3.05) is 0 Å². The lowest BCUT2D eigenvalue weighted by atomic mass is 9.60. The van der Waals surface area contributed by atoms with Crippen LogP contribution in [0.3, 0.4) is 0 Å². The molecule has 5 heterocycles. The zero-order valence-corrected chi connectivity index (χ0v) is 41.3. The Kier molecular flexibility index (Phi) is 9.07. The third kappa shape index (κ3) is 5.06. The van der Waals surface area contributed by atoms with E-state index in [2.05, 4.69) is 253 Å². The number of fused-ring (bicyclic) bond motifs is 8. The molecule has 5 aliphatic heterocycles. The number of nitrogens with one attached hydrogen (secondary N) is 4. The summed E-state index contributed by atoms with van der Waals surface area (Å²) in [5, 5.41) is 16.8. The summed E-state index contributed by atoms with van der Waals surface area (Å²) in [6, 6.07) is 43.2. The van der Waals surface area contributed by atoms with Crippen molar-refractivity contribution in [3.05, 3.63) is 144 Å². The van der Waals surface area contributed by atoms with Crippen LogP contribution in [0, 0.1) is 43.3 Å². The molecule has 64 heavy (non-hydrogen) atoms. The molecule has 9 rings (SSSR count). The van der Waals surface area contributed by atoms with E-state index in [1.54, 1.807) is 0 Å². The van der Waals surface area contributed by atoms with Gasteiger partial charge in [0.15, 0.2) is 22.7 Å². The summed E-state index contributed by atoms with van der Waals surface area (Å²) in [4.78, 5) is 24.7. The van der Waals surface area contributed by atoms with E-state index in [0.717, 1.165) is 45.6 Å². The Hall–Kier alpha value is -5.24. The van der Waals surface area contributed by atoms with Gasteiger partial charge in [-0.15, -0.1) is 0 Å². The van der Waals surface area contributed by atoms with Crippen LogP contribution in [0.2, 0.25) is 0 Å². The molecule has 5 aliphatic rings. The van der Waals surface area contributed by atoms with Crippen LogP contribution < -0.4 is 21.3 Å². The third-order valence-electron chi connectivity index (χ3n) is 19.3. The number of amidine groups is 4. The Morgan fingerprint density at radius 2 is 0.406 bits per heavy atom. The van der Waals surface area contributed by atoms with Crippen LogP contribution in [-0.2, 0) is 22.7 Å². The smallest absolute Gasteiger partial charge is 0.164 e. The summed E-state index contributed by atoms with van der Waals surface area (Å²) in [6.07, 6.45) is 0. The maximum Gasteiger partial charge on any atom is 0.164 e. The van der Waals surface area contributed by atoms with E-state index in [4.69, 9.17) is 20.0 Å². The predicted octanol–water partition coefficient (Wildman–Crippen LogP) is 11.6. The average molecular weight is 857 g/mol. The highest BCUT2D eigenvalue weighted by molar-refractivity contribution is 6.00. The van der Waals surface area contributed by atoms with Crippen molar-refractivity contribution in [3.8, 4) is 0 Å². The Labute approximate surface area is 383 Å². The highest BCUT2D eigenvalue weighted by atomic mass is 15.4. The zero-order chi connectivity index (χ0) is 46.4. The summed E-state index contributed by atoms with van der Waals surface area (Å²) in [5.41, 5.74) is -3.66. The van der Waals surface area contributed by atoms with Crippen LogP contribution in [-0.4, -0.2) is 23.3 Å². The fraction of sp³-hybridized carbons (Fsp3) is 0.500. The molecule has 0 saturated carbocycles. The summed E-state index contributed by atoms with van der Waals surface area (Å²) in [6.45, 7) is 37.6. The van der Waals surface area contributed by atoms with Gasteiger partial charge >= 0.3 is 0 Å². The number of benzene rings is 4. The van der Waals surface area contributed by atoms with Gasteiger partial charge in [-0.05, 0) is 0 Å². The minimum absolute atomic E-state index is 0.517. The van der Waals surface area contributed by atoms with Crippen molar-refractivity contribution in [3.63, 3.8) is 0 Å². The van der Waals surface area contributed by atoms with Gasteiger partial charge in [-0.1, -0.05) is 232 Å². The molecule has 4 aromatic rings. The van der Waals surface area contributed by atoms with Crippen molar-refractivity contribution in [1.29, 1.82) is 0 Å². The quantitative estimate of drug-likeness (QED) is 0.164. The van der Waals surface area contributed by atoms with Gasteiger partial charge in [0.1, 0.15) is 23.3 Å². The lowest BCUT2D eigenvalue weighted by Crippen LogP contribution is -2.51.